The van der Waals surface area contributed by atoms with E-state index in [4.69, 9.17) is 0 Å². The van der Waals surface area contributed by atoms with Crippen molar-refractivity contribution in [3.05, 3.63) is 76.1 Å². The first kappa shape index (κ1) is 19.6. The fraction of sp³-hybridized carbons (Fsp3) is 0.100. The molecule has 0 fully saturated rings. The highest BCUT2D eigenvalue weighted by Gasteiger charge is 2.23. The first-order chi connectivity index (χ1) is 13.8. The van der Waals surface area contributed by atoms with Crippen molar-refractivity contribution in [1.82, 2.24) is 9.97 Å². The van der Waals surface area contributed by atoms with E-state index < -0.39 is 4.92 Å². The third kappa shape index (κ3) is 4.59. The van der Waals surface area contributed by atoms with E-state index in [0.717, 1.165) is 0 Å². The largest absolute Gasteiger partial charge is 0.353 e. The Hall–Kier alpha value is -4.14. The molecule has 0 aliphatic rings. The van der Waals surface area contributed by atoms with Crippen LogP contribution >= 0.6 is 0 Å². The van der Waals surface area contributed by atoms with Gasteiger partial charge in [0.15, 0.2) is 11.6 Å². The van der Waals surface area contributed by atoms with Crippen molar-refractivity contribution in [2.45, 2.75) is 13.8 Å². The van der Waals surface area contributed by atoms with E-state index in [9.17, 15) is 19.7 Å². The summed E-state index contributed by atoms with van der Waals surface area (Å²) in [6.45, 7) is 2.91. The summed E-state index contributed by atoms with van der Waals surface area (Å²) in [6, 6.07) is 13.0. The fourth-order valence-electron chi connectivity index (χ4n) is 2.58. The number of benzene rings is 2. The van der Waals surface area contributed by atoms with Gasteiger partial charge < -0.3 is 10.6 Å². The van der Waals surface area contributed by atoms with Crippen LogP contribution in [0.3, 0.4) is 0 Å². The number of carbonyl (C=O) groups is 2. The Morgan fingerprint density at radius 1 is 0.793 bits per heavy atom. The zero-order chi connectivity index (χ0) is 21.0. The molecule has 0 aliphatic heterocycles. The van der Waals surface area contributed by atoms with E-state index in [1.165, 1.54) is 20.2 Å². The van der Waals surface area contributed by atoms with Gasteiger partial charge in [-0.1, -0.05) is 0 Å². The SMILES string of the molecule is CC(=O)c1ccc(Nc2ncnc(Nc3ccc(C(C)=O)cc3)c2[N+](=O)[O-])cc1. The highest BCUT2D eigenvalue weighted by atomic mass is 16.6. The van der Waals surface area contributed by atoms with E-state index in [1.54, 1.807) is 48.5 Å². The lowest BCUT2D eigenvalue weighted by atomic mass is 10.1. The minimum atomic E-state index is -0.585. The predicted octanol–water partition coefficient (Wildman–Crippen LogP) is 4.28. The molecule has 9 heteroatoms. The minimum Gasteiger partial charge on any atom is -0.334 e. The van der Waals surface area contributed by atoms with Crippen molar-refractivity contribution in [2.75, 3.05) is 10.6 Å². The predicted molar refractivity (Wildman–Crippen MR) is 108 cm³/mol. The van der Waals surface area contributed by atoms with Gasteiger partial charge in [0.25, 0.3) is 0 Å². The molecule has 0 amide bonds. The van der Waals surface area contributed by atoms with Gasteiger partial charge >= 0.3 is 5.69 Å². The lowest BCUT2D eigenvalue weighted by molar-refractivity contribution is -0.383. The van der Waals surface area contributed by atoms with Crippen molar-refractivity contribution in [1.29, 1.82) is 0 Å². The summed E-state index contributed by atoms with van der Waals surface area (Å²) in [5.41, 5.74) is 1.80. The molecule has 0 aliphatic carbocycles. The Balaban J connectivity index is 1.90. The van der Waals surface area contributed by atoms with Crippen LogP contribution in [0.15, 0.2) is 54.9 Å². The highest BCUT2D eigenvalue weighted by molar-refractivity contribution is 5.95. The summed E-state index contributed by atoms with van der Waals surface area (Å²) in [4.78, 5) is 41.8. The number of aromatic nitrogens is 2. The van der Waals surface area contributed by atoms with Crippen LogP contribution in [-0.4, -0.2) is 26.5 Å². The van der Waals surface area contributed by atoms with E-state index in [0.29, 0.717) is 22.5 Å². The van der Waals surface area contributed by atoms with Crippen LogP contribution in [0.2, 0.25) is 0 Å². The number of hydrogen-bond donors (Lipinski definition) is 2. The second-order valence-corrected chi connectivity index (χ2v) is 6.19. The third-order valence-electron chi connectivity index (χ3n) is 4.11. The Labute approximate surface area is 166 Å². The molecule has 2 aromatic carbocycles. The topological polar surface area (TPSA) is 127 Å². The Bertz CT molecular complexity index is 1000. The summed E-state index contributed by atoms with van der Waals surface area (Å²) in [5, 5.41) is 17.4. The lowest BCUT2D eigenvalue weighted by Gasteiger charge is -2.10. The van der Waals surface area contributed by atoms with Crippen LogP contribution in [0.1, 0.15) is 34.6 Å². The van der Waals surface area contributed by atoms with Crippen molar-refractivity contribution < 1.29 is 14.5 Å². The standard InChI is InChI=1S/C20H17N5O4/c1-12(26)14-3-7-16(8-4-14)23-19-18(25(28)29)20(22-11-21-19)24-17-9-5-15(6-10-17)13(2)27/h3-11H,1-2H3,(H2,21,22,23,24). The van der Waals surface area contributed by atoms with Gasteiger partial charge in [-0.15, -0.1) is 0 Å². The summed E-state index contributed by atoms with van der Waals surface area (Å²) in [5.74, 6) is -0.148. The molecule has 1 heterocycles. The van der Waals surface area contributed by atoms with Crippen LogP contribution in [0.5, 0.6) is 0 Å². The zero-order valence-electron chi connectivity index (χ0n) is 15.7. The molecule has 0 radical (unpaired) electrons. The molecule has 3 rings (SSSR count). The number of rotatable bonds is 7. The van der Waals surface area contributed by atoms with E-state index >= 15 is 0 Å². The molecule has 29 heavy (non-hydrogen) atoms. The Morgan fingerprint density at radius 2 is 1.17 bits per heavy atom. The first-order valence-corrected chi connectivity index (χ1v) is 8.60. The van der Waals surface area contributed by atoms with Gasteiger partial charge in [0.05, 0.1) is 4.92 Å². The molecule has 0 atom stereocenters. The molecule has 146 valence electrons. The van der Waals surface area contributed by atoms with E-state index in [1.807, 2.05) is 0 Å². The molecule has 9 nitrogen and oxygen atoms in total. The van der Waals surface area contributed by atoms with Crippen molar-refractivity contribution in [3.8, 4) is 0 Å². The molecule has 0 saturated carbocycles. The maximum absolute atomic E-state index is 11.7. The van der Waals surface area contributed by atoms with Crippen LogP contribution in [0, 0.1) is 10.1 Å². The number of nitro groups is 1. The maximum Gasteiger partial charge on any atom is 0.353 e. The molecule has 0 spiro atoms. The maximum atomic E-state index is 11.7. The summed E-state index contributed by atoms with van der Waals surface area (Å²) < 4.78 is 0. The van der Waals surface area contributed by atoms with Gasteiger partial charge in [-0.3, -0.25) is 19.7 Å². The van der Waals surface area contributed by atoms with Gasteiger partial charge in [0, 0.05) is 22.5 Å². The molecule has 0 bridgehead atoms. The van der Waals surface area contributed by atoms with Gasteiger partial charge in [0.2, 0.25) is 11.6 Å². The van der Waals surface area contributed by atoms with Gasteiger partial charge in [0.1, 0.15) is 6.33 Å². The number of hydrogen-bond acceptors (Lipinski definition) is 8. The van der Waals surface area contributed by atoms with Crippen LogP contribution in [0.4, 0.5) is 28.7 Å². The van der Waals surface area contributed by atoms with Crippen molar-refractivity contribution in [3.63, 3.8) is 0 Å². The monoisotopic (exact) mass is 391 g/mol. The average Bonchev–Trinajstić information content (AvgIpc) is 2.68. The molecular weight excluding hydrogens is 374 g/mol. The van der Waals surface area contributed by atoms with Crippen LogP contribution in [0.25, 0.3) is 0 Å². The molecule has 0 saturated heterocycles. The fourth-order valence-corrected chi connectivity index (χ4v) is 2.58. The van der Waals surface area contributed by atoms with Crippen LogP contribution in [-0.2, 0) is 0 Å². The van der Waals surface area contributed by atoms with E-state index in [-0.39, 0.29) is 28.9 Å². The van der Waals surface area contributed by atoms with E-state index in [2.05, 4.69) is 20.6 Å². The number of ketones is 2. The number of Topliss-reactive ketones (excluding diaryl/α,β-unsaturated/α-hetero) is 2. The summed E-state index contributed by atoms with van der Waals surface area (Å²) >= 11 is 0. The molecule has 2 N–H and O–H groups in total. The number of nitrogens with zero attached hydrogens (tertiary/aromatic N) is 3. The highest BCUT2D eigenvalue weighted by Crippen LogP contribution is 2.33. The Morgan fingerprint density at radius 3 is 1.48 bits per heavy atom. The second kappa shape index (κ2) is 8.26. The summed E-state index contributed by atoms with van der Waals surface area (Å²) in [6.07, 6.45) is 1.20. The van der Waals surface area contributed by atoms with Gasteiger partial charge in [-0.25, -0.2) is 9.97 Å². The first-order valence-electron chi connectivity index (χ1n) is 8.60. The number of anilines is 4. The molecule has 3 aromatic rings. The van der Waals surface area contributed by atoms with Crippen LogP contribution < -0.4 is 10.6 Å². The normalized spacial score (nSPS) is 10.3. The third-order valence-corrected chi connectivity index (χ3v) is 4.11. The molecule has 1 aromatic heterocycles. The number of carbonyl (C=O) groups excluding carboxylic acids is 2. The second-order valence-electron chi connectivity index (χ2n) is 6.19. The quantitative estimate of drug-likeness (QED) is 0.347. The van der Waals surface area contributed by atoms with Gasteiger partial charge in [-0.05, 0) is 62.4 Å². The van der Waals surface area contributed by atoms with Crippen molar-refractivity contribution in [2.24, 2.45) is 0 Å². The minimum absolute atomic E-state index is 0.00318. The Kier molecular flexibility index (Phi) is 5.59. The molecular formula is C20H17N5O4. The lowest BCUT2D eigenvalue weighted by Crippen LogP contribution is -2.05. The van der Waals surface area contributed by atoms with Crippen molar-refractivity contribution >= 4 is 40.3 Å². The average molecular weight is 391 g/mol. The molecule has 0 unspecified atom stereocenters. The van der Waals surface area contributed by atoms with Gasteiger partial charge in [-0.2, -0.15) is 0 Å². The summed E-state index contributed by atoms with van der Waals surface area (Å²) in [7, 11) is 0. The smallest absolute Gasteiger partial charge is 0.334 e. The zero-order valence-corrected chi connectivity index (χ0v) is 15.7. The number of nitrogens with one attached hydrogen (secondary N) is 2.